The number of aromatic nitrogens is 1. The lowest BCUT2D eigenvalue weighted by atomic mass is 10.1. The molecule has 0 radical (unpaired) electrons. The molecule has 1 unspecified atom stereocenters. The topological polar surface area (TPSA) is 34.2 Å². The Morgan fingerprint density at radius 2 is 1.94 bits per heavy atom. The van der Waals surface area contributed by atoms with Gasteiger partial charge in [0, 0.05) is 13.1 Å². The molecule has 0 bridgehead atoms. The summed E-state index contributed by atoms with van der Waals surface area (Å²) in [4.78, 5) is 3.75. The SMILES string of the molecule is CNc1nc(OC(C)CC(C)C)c(F)cc1F. The third-order valence-electron chi connectivity index (χ3n) is 2.25. The van der Waals surface area contributed by atoms with Gasteiger partial charge in [0.05, 0.1) is 6.10 Å². The molecule has 1 N–H and O–H groups in total. The van der Waals surface area contributed by atoms with Gasteiger partial charge in [0.25, 0.3) is 5.88 Å². The van der Waals surface area contributed by atoms with Crippen LogP contribution in [0.3, 0.4) is 0 Å². The molecular weight excluding hydrogens is 226 g/mol. The van der Waals surface area contributed by atoms with Crippen molar-refractivity contribution < 1.29 is 13.5 Å². The van der Waals surface area contributed by atoms with Crippen LogP contribution in [0.5, 0.6) is 5.88 Å². The maximum atomic E-state index is 13.4. The third-order valence-corrected chi connectivity index (χ3v) is 2.25. The number of pyridine rings is 1. The Balaban J connectivity index is 2.83. The highest BCUT2D eigenvalue weighted by Crippen LogP contribution is 2.22. The first kappa shape index (κ1) is 13.7. The van der Waals surface area contributed by atoms with Crippen LogP contribution >= 0.6 is 0 Å². The van der Waals surface area contributed by atoms with Crippen molar-refractivity contribution in [2.75, 3.05) is 12.4 Å². The summed E-state index contributed by atoms with van der Waals surface area (Å²) in [7, 11) is 1.52. The lowest BCUT2D eigenvalue weighted by Gasteiger charge is -2.16. The van der Waals surface area contributed by atoms with E-state index in [-0.39, 0.29) is 17.8 Å². The average Bonchev–Trinajstić information content (AvgIpc) is 2.20. The second-order valence-electron chi connectivity index (χ2n) is 4.41. The summed E-state index contributed by atoms with van der Waals surface area (Å²) in [5, 5.41) is 2.54. The van der Waals surface area contributed by atoms with E-state index in [0.29, 0.717) is 5.92 Å². The fourth-order valence-corrected chi connectivity index (χ4v) is 1.61. The quantitative estimate of drug-likeness (QED) is 0.863. The van der Waals surface area contributed by atoms with Crippen LogP contribution in [-0.4, -0.2) is 18.1 Å². The highest BCUT2D eigenvalue weighted by molar-refractivity contribution is 5.38. The molecule has 0 aliphatic rings. The molecule has 0 spiro atoms. The molecule has 0 fully saturated rings. The Morgan fingerprint density at radius 3 is 2.47 bits per heavy atom. The molecule has 1 atom stereocenters. The minimum atomic E-state index is -0.780. The highest BCUT2D eigenvalue weighted by atomic mass is 19.1. The van der Waals surface area contributed by atoms with E-state index in [9.17, 15) is 8.78 Å². The number of nitrogens with zero attached hydrogens (tertiary/aromatic N) is 1. The molecule has 96 valence electrons. The molecule has 1 rings (SSSR count). The summed E-state index contributed by atoms with van der Waals surface area (Å²) in [6.07, 6.45) is 0.625. The van der Waals surface area contributed by atoms with Gasteiger partial charge < -0.3 is 10.1 Å². The fourth-order valence-electron chi connectivity index (χ4n) is 1.61. The van der Waals surface area contributed by atoms with Gasteiger partial charge in [-0.2, -0.15) is 4.98 Å². The van der Waals surface area contributed by atoms with E-state index >= 15 is 0 Å². The lowest BCUT2D eigenvalue weighted by molar-refractivity contribution is 0.177. The van der Waals surface area contributed by atoms with E-state index in [1.54, 1.807) is 0 Å². The van der Waals surface area contributed by atoms with Gasteiger partial charge in [-0.3, -0.25) is 0 Å². The van der Waals surface area contributed by atoms with E-state index in [0.717, 1.165) is 12.5 Å². The van der Waals surface area contributed by atoms with E-state index in [1.165, 1.54) is 7.05 Å². The molecule has 0 saturated heterocycles. The van der Waals surface area contributed by atoms with Crippen molar-refractivity contribution in [1.82, 2.24) is 4.98 Å². The molecule has 17 heavy (non-hydrogen) atoms. The average molecular weight is 244 g/mol. The smallest absolute Gasteiger partial charge is 0.252 e. The minimum absolute atomic E-state index is 0.0156. The van der Waals surface area contributed by atoms with E-state index in [1.807, 2.05) is 20.8 Å². The Labute approximate surface area is 100 Å². The second-order valence-corrected chi connectivity index (χ2v) is 4.41. The molecule has 0 aliphatic heterocycles. The first-order chi connectivity index (χ1) is 7.93. The summed E-state index contributed by atoms with van der Waals surface area (Å²) < 4.78 is 31.9. The molecule has 1 aromatic heterocycles. The van der Waals surface area contributed by atoms with Crippen LogP contribution in [0.1, 0.15) is 27.2 Å². The molecule has 0 aromatic carbocycles. The molecule has 5 heteroatoms. The minimum Gasteiger partial charge on any atom is -0.473 e. The number of hydrogen-bond acceptors (Lipinski definition) is 3. The van der Waals surface area contributed by atoms with Gasteiger partial charge in [0.1, 0.15) is 0 Å². The summed E-state index contributed by atoms with van der Waals surface area (Å²) in [5.41, 5.74) is 0. The normalized spacial score (nSPS) is 12.6. The zero-order chi connectivity index (χ0) is 13.0. The third kappa shape index (κ3) is 3.84. The number of halogens is 2. The Morgan fingerprint density at radius 1 is 1.29 bits per heavy atom. The van der Waals surface area contributed by atoms with Crippen molar-refractivity contribution in [3.8, 4) is 5.88 Å². The zero-order valence-electron chi connectivity index (χ0n) is 10.6. The molecule has 0 aliphatic carbocycles. The summed E-state index contributed by atoms with van der Waals surface area (Å²) in [6.45, 7) is 5.93. The van der Waals surface area contributed by atoms with Crippen molar-refractivity contribution in [2.45, 2.75) is 33.3 Å². The highest BCUT2D eigenvalue weighted by Gasteiger charge is 2.15. The molecule has 0 saturated carbocycles. The number of anilines is 1. The van der Waals surface area contributed by atoms with Gasteiger partial charge in [-0.05, 0) is 19.3 Å². The van der Waals surface area contributed by atoms with Crippen molar-refractivity contribution in [1.29, 1.82) is 0 Å². The van der Waals surface area contributed by atoms with Gasteiger partial charge >= 0.3 is 0 Å². The monoisotopic (exact) mass is 244 g/mol. The first-order valence-electron chi connectivity index (χ1n) is 5.64. The molecule has 3 nitrogen and oxygen atoms in total. The van der Waals surface area contributed by atoms with Crippen molar-refractivity contribution in [3.63, 3.8) is 0 Å². The number of rotatable bonds is 5. The summed E-state index contributed by atoms with van der Waals surface area (Å²) in [6, 6.07) is 0.774. The molecule has 1 aromatic rings. The number of ether oxygens (including phenoxy) is 1. The van der Waals surface area contributed by atoms with Crippen LogP contribution in [0.4, 0.5) is 14.6 Å². The van der Waals surface area contributed by atoms with Gasteiger partial charge in [-0.1, -0.05) is 13.8 Å². The number of hydrogen-bond donors (Lipinski definition) is 1. The van der Waals surface area contributed by atoms with Crippen LogP contribution in [-0.2, 0) is 0 Å². The largest absolute Gasteiger partial charge is 0.473 e. The summed E-state index contributed by atoms with van der Waals surface area (Å²) >= 11 is 0. The predicted octanol–water partition coefficient (Wildman–Crippen LogP) is 3.21. The lowest BCUT2D eigenvalue weighted by Crippen LogP contribution is -2.16. The second kappa shape index (κ2) is 5.80. The predicted molar refractivity (Wildman–Crippen MR) is 63.2 cm³/mol. The fraction of sp³-hybridized carbons (Fsp3) is 0.583. The van der Waals surface area contributed by atoms with E-state index in [4.69, 9.17) is 4.74 Å². The van der Waals surface area contributed by atoms with Gasteiger partial charge in [0.15, 0.2) is 17.5 Å². The van der Waals surface area contributed by atoms with Crippen molar-refractivity contribution >= 4 is 5.82 Å². The van der Waals surface area contributed by atoms with Gasteiger partial charge in [0.2, 0.25) is 0 Å². The van der Waals surface area contributed by atoms with Crippen molar-refractivity contribution in [2.24, 2.45) is 5.92 Å². The van der Waals surface area contributed by atoms with Crippen molar-refractivity contribution in [3.05, 3.63) is 17.7 Å². The van der Waals surface area contributed by atoms with Gasteiger partial charge in [-0.25, -0.2) is 8.78 Å². The van der Waals surface area contributed by atoms with Crippen LogP contribution in [0.25, 0.3) is 0 Å². The van der Waals surface area contributed by atoms with E-state index < -0.39 is 11.6 Å². The standard InChI is InChI=1S/C12H18F2N2O/c1-7(2)5-8(3)17-12-10(14)6-9(13)11(15-4)16-12/h6-8H,5H2,1-4H3,(H,15,16). The first-order valence-corrected chi connectivity index (χ1v) is 5.64. The van der Waals surface area contributed by atoms with Crippen LogP contribution in [0, 0.1) is 17.6 Å². The van der Waals surface area contributed by atoms with Crippen LogP contribution in [0.2, 0.25) is 0 Å². The summed E-state index contributed by atoms with van der Waals surface area (Å²) in [5.74, 6) is -1.25. The Kier molecular flexibility index (Phi) is 4.66. The van der Waals surface area contributed by atoms with Crippen LogP contribution < -0.4 is 10.1 Å². The Bertz CT molecular complexity index is 383. The maximum absolute atomic E-state index is 13.4. The molecule has 0 amide bonds. The Hall–Kier alpha value is -1.39. The maximum Gasteiger partial charge on any atom is 0.252 e. The molecule has 1 heterocycles. The van der Waals surface area contributed by atoms with E-state index in [2.05, 4.69) is 10.3 Å². The van der Waals surface area contributed by atoms with Crippen LogP contribution in [0.15, 0.2) is 6.07 Å². The number of nitrogens with one attached hydrogen (secondary N) is 1. The molecular formula is C12H18F2N2O. The zero-order valence-corrected chi connectivity index (χ0v) is 10.6. The van der Waals surface area contributed by atoms with Gasteiger partial charge in [-0.15, -0.1) is 0 Å².